The standard InChI is InChI=1S/C12H22O3/c1-4-9(8-13)6-12(3)7-10(5-2)11(14)15-12/h9-10,13H,4-8H2,1-3H3/t9-,10-,12+/m1/s1. The van der Waals surface area contributed by atoms with Crippen LogP contribution in [0.1, 0.15) is 46.5 Å². The number of carbonyl (C=O) groups is 1. The quantitative estimate of drug-likeness (QED) is 0.713. The highest BCUT2D eigenvalue weighted by Crippen LogP contribution is 2.37. The van der Waals surface area contributed by atoms with E-state index in [-0.39, 0.29) is 30.0 Å². The molecule has 0 aliphatic carbocycles. The van der Waals surface area contributed by atoms with Gasteiger partial charge >= 0.3 is 5.97 Å². The fourth-order valence-electron chi connectivity index (χ4n) is 2.36. The van der Waals surface area contributed by atoms with E-state index in [9.17, 15) is 4.79 Å². The van der Waals surface area contributed by atoms with Crippen molar-refractivity contribution in [3.05, 3.63) is 0 Å². The van der Waals surface area contributed by atoms with E-state index in [0.717, 1.165) is 25.7 Å². The molecule has 0 aromatic carbocycles. The lowest BCUT2D eigenvalue weighted by Crippen LogP contribution is -2.28. The van der Waals surface area contributed by atoms with Crippen molar-refractivity contribution >= 4 is 5.97 Å². The minimum absolute atomic E-state index is 0.0613. The highest BCUT2D eigenvalue weighted by Gasteiger charge is 2.43. The van der Waals surface area contributed by atoms with E-state index in [1.807, 2.05) is 13.8 Å². The SMILES string of the molecule is CC[C@@H](CO)C[C@@]1(C)C[C@@H](CC)C(=O)O1. The number of carbonyl (C=O) groups excluding carboxylic acids is 1. The van der Waals surface area contributed by atoms with E-state index in [4.69, 9.17) is 9.84 Å². The van der Waals surface area contributed by atoms with Crippen molar-refractivity contribution in [2.45, 2.75) is 52.1 Å². The Morgan fingerprint density at radius 3 is 2.67 bits per heavy atom. The van der Waals surface area contributed by atoms with Crippen LogP contribution in [-0.2, 0) is 9.53 Å². The van der Waals surface area contributed by atoms with E-state index in [1.54, 1.807) is 0 Å². The first-order valence-corrected chi connectivity index (χ1v) is 5.88. The Balaban J connectivity index is 2.57. The van der Waals surface area contributed by atoms with Crippen LogP contribution in [0.2, 0.25) is 0 Å². The summed E-state index contributed by atoms with van der Waals surface area (Å²) >= 11 is 0. The molecule has 3 atom stereocenters. The van der Waals surface area contributed by atoms with Gasteiger partial charge in [-0.05, 0) is 25.7 Å². The lowest BCUT2D eigenvalue weighted by molar-refractivity contribution is -0.150. The van der Waals surface area contributed by atoms with Gasteiger partial charge in [0.1, 0.15) is 5.60 Å². The third-order valence-corrected chi connectivity index (χ3v) is 3.41. The van der Waals surface area contributed by atoms with Gasteiger partial charge in [-0.15, -0.1) is 0 Å². The number of aliphatic hydroxyl groups is 1. The molecular formula is C12H22O3. The second-order valence-electron chi connectivity index (χ2n) is 4.84. The van der Waals surface area contributed by atoms with Gasteiger partial charge in [0, 0.05) is 13.0 Å². The molecule has 1 fully saturated rings. The van der Waals surface area contributed by atoms with E-state index in [0.29, 0.717) is 0 Å². The molecule has 0 aromatic heterocycles. The zero-order chi connectivity index (χ0) is 11.5. The Morgan fingerprint density at radius 1 is 1.60 bits per heavy atom. The molecule has 3 heteroatoms. The molecule has 0 spiro atoms. The molecule has 0 bridgehead atoms. The third kappa shape index (κ3) is 2.94. The van der Waals surface area contributed by atoms with E-state index in [2.05, 4.69) is 6.92 Å². The molecule has 0 saturated carbocycles. The monoisotopic (exact) mass is 214 g/mol. The number of hydrogen-bond donors (Lipinski definition) is 1. The molecule has 3 nitrogen and oxygen atoms in total. The van der Waals surface area contributed by atoms with E-state index < -0.39 is 0 Å². The summed E-state index contributed by atoms with van der Waals surface area (Å²) in [6.07, 6.45) is 3.37. The van der Waals surface area contributed by atoms with Crippen LogP contribution in [0.4, 0.5) is 0 Å². The summed E-state index contributed by atoms with van der Waals surface area (Å²) in [7, 11) is 0. The molecule has 1 aliphatic heterocycles. The van der Waals surface area contributed by atoms with Crippen LogP contribution < -0.4 is 0 Å². The summed E-state index contributed by atoms with van der Waals surface area (Å²) in [5.41, 5.74) is -0.346. The predicted octanol–water partition coefficient (Wildman–Crippen LogP) is 2.13. The number of cyclic esters (lactones) is 1. The van der Waals surface area contributed by atoms with Crippen molar-refractivity contribution < 1.29 is 14.6 Å². The molecule has 0 amide bonds. The number of hydrogen-bond acceptors (Lipinski definition) is 3. The normalized spacial score (nSPS) is 32.8. The first-order valence-electron chi connectivity index (χ1n) is 5.88. The average Bonchev–Trinajstić information content (AvgIpc) is 2.50. The van der Waals surface area contributed by atoms with Gasteiger partial charge in [0.15, 0.2) is 0 Å². The van der Waals surface area contributed by atoms with Crippen LogP contribution in [0.3, 0.4) is 0 Å². The molecule has 1 heterocycles. The third-order valence-electron chi connectivity index (χ3n) is 3.41. The summed E-state index contributed by atoms with van der Waals surface area (Å²) in [4.78, 5) is 11.5. The van der Waals surface area contributed by atoms with Crippen LogP contribution >= 0.6 is 0 Å². The Bertz CT molecular complexity index is 223. The predicted molar refractivity (Wildman–Crippen MR) is 58.4 cm³/mol. The van der Waals surface area contributed by atoms with Crippen LogP contribution in [0.5, 0.6) is 0 Å². The van der Waals surface area contributed by atoms with Crippen molar-refractivity contribution in [2.24, 2.45) is 11.8 Å². The van der Waals surface area contributed by atoms with Crippen LogP contribution in [0.25, 0.3) is 0 Å². The lowest BCUT2D eigenvalue weighted by atomic mass is 9.85. The van der Waals surface area contributed by atoms with Crippen molar-refractivity contribution in [1.82, 2.24) is 0 Å². The maximum atomic E-state index is 11.5. The van der Waals surface area contributed by atoms with Gasteiger partial charge in [-0.25, -0.2) is 0 Å². The van der Waals surface area contributed by atoms with Crippen molar-refractivity contribution in [1.29, 1.82) is 0 Å². The second kappa shape index (κ2) is 4.97. The van der Waals surface area contributed by atoms with Crippen LogP contribution in [0.15, 0.2) is 0 Å². The molecule has 1 saturated heterocycles. The Morgan fingerprint density at radius 2 is 2.27 bits per heavy atom. The first kappa shape index (κ1) is 12.5. The molecule has 1 N–H and O–H groups in total. The zero-order valence-corrected chi connectivity index (χ0v) is 9.95. The van der Waals surface area contributed by atoms with E-state index >= 15 is 0 Å². The van der Waals surface area contributed by atoms with Crippen molar-refractivity contribution in [3.63, 3.8) is 0 Å². The topological polar surface area (TPSA) is 46.5 Å². The van der Waals surface area contributed by atoms with Crippen LogP contribution in [-0.4, -0.2) is 23.3 Å². The number of esters is 1. The van der Waals surface area contributed by atoms with Crippen LogP contribution in [0, 0.1) is 11.8 Å². The Kier molecular flexibility index (Phi) is 4.14. The maximum absolute atomic E-state index is 11.5. The average molecular weight is 214 g/mol. The molecular weight excluding hydrogens is 192 g/mol. The van der Waals surface area contributed by atoms with E-state index in [1.165, 1.54) is 0 Å². The fraction of sp³-hybridized carbons (Fsp3) is 0.917. The summed E-state index contributed by atoms with van der Waals surface area (Å²) < 4.78 is 5.44. The minimum atomic E-state index is -0.346. The van der Waals surface area contributed by atoms with Gasteiger partial charge in [0.05, 0.1) is 5.92 Å². The highest BCUT2D eigenvalue weighted by molar-refractivity contribution is 5.75. The maximum Gasteiger partial charge on any atom is 0.309 e. The second-order valence-corrected chi connectivity index (χ2v) is 4.84. The molecule has 1 rings (SSSR count). The van der Waals surface area contributed by atoms with Crippen molar-refractivity contribution in [2.75, 3.05) is 6.61 Å². The smallest absolute Gasteiger partial charge is 0.309 e. The highest BCUT2D eigenvalue weighted by atomic mass is 16.6. The largest absolute Gasteiger partial charge is 0.459 e. The minimum Gasteiger partial charge on any atom is -0.459 e. The molecule has 15 heavy (non-hydrogen) atoms. The number of aliphatic hydroxyl groups excluding tert-OH is 1. The lowest BCUT2D eigenvalue weighted by Gasteiger charge is -2.26. The number of ether oxygens (including phenoxy) is 1. The summed E-state index contributed by atoms with van der Waals surface area (Å²) in [6, 6.07) is 0. The zero-order valence-electron chi connectivity index (χ0n) is 9.95. The summed E-state index contributed by atoms with van der Waals surface area (Å²) in [6.45, 7) is 6.23. The van der Waals surface area contributed by atoms with Crippen molar-refractivity contribution in [3.8, 4) is 0 Å². The summed E-state index contributed by atoms with van der Waals surface area (Å²) in [5.74, 6) is 0.248. The summed E-state index contributed by atoms with van der Waals surface area (Å²) in [5, 5.41) is 9.15. The van der Waals surface area contributed by atoms with Gasteiger partial charge in [-0.1, -0.05) is 20.3 Å². The van der Waals surface area contributed by atoms with Gasteiger partial charge in [-0.3, -0.25) is 4.79 Å². The Hall–Kier alpha value is -0.570. The Labute approximate surface area is 91.8 Å². The molecule has 0 radical (unpaired) electrons. The molecule has 0 unspecified atom stereocenters. The van der Waals surface area contributed by atoms with Gasteiger partial charge in [-0.2, -0.15) is 0 Å². The molecule has 88 valence electrons. The molecule has 1 aliphatic rings. The fourth-order valence-corrected chi connectivity index (χ4v) is 2.36. The first-order chi connectivity index (χ1) is 7.04. The molecule has 0 aromatic rings. The number of rotatable bonds is 5. The van der Waals surface area contributed by atoms with Gasteiger partial charge < -0.3 is 9.84 Å². The van der Waals surface area contributed by atoms with Gasteiger partial charge in [0.25, 0.3) is 0 Å². The van der Waals surface area contributed by atoms with Gasteiger partial charge in [0.2, 0.25) is 0 Å².